The lowest BCUT2D eigenvalue weighted by Gasteiger charge is -2.36. The van der Waals surface area contributed by atoms with Gasteiger partial charge in [-0.25, -0.2) is 0 Å². The average molecular weight is 404 g/mol. The number of carbonyl (C=O) groups excluding carboxylic acids is 1. The summed E-state index contributed by atoms with van der Waals surface area (Å²) >= 11 is 0. The standard InChI is InChI=1S/C23H24N4O3/c1-27-14-24-26-21(27)16-6-5-7-18(12-16)25-22(28)23(10-3-2-4-11-23)17-8-9-19-20(13-17)30-15-29-19/h5-9,12-14H,2-4,10-11,15H2,1H3,(H,25,28). The zero-order valence-electron chi connectivity index (χ0n) is 16.9. The minimum Gasteiger partial charge on any atom is -0.454 e. The summed E-state index contributed by atoms with van der Waals surface area (Å²) in [5.74, 6) is 2.24. The van der Waals surface area contributed by atoms with Crippen LogP contribution in [-0.4, -0.2) is 27.5 Å². The number of ether oxygens (including phenoxy) is 2. The third-order valence-corrected chi connectivity index (χ3v) is 6.16. The Morgan fingerprint density at radius 2 is 1.90 bits per heavy atom. The highest BCUT2D eigenvalue weighted by atomic mass is 16.7. The van der Waals surface area contributed by atoms with Gasteiger partial charge in [0.05, 0.1) is 5.41 Å². The van der Waals surface area contributed by atoms with Gasteiger partial charge in [-0.2, -0.15) is 0 Å². The number of anilines is 1. The van der Waals surface area contributed by atoms with E-state index in [4.69, 9.17) is 9.47 Å². The number of amides is 1. The van der Waals surface area contributed by atoms with Crippen molar-refractivity contribution in [1.29, 1.82) is 0 Å². The molecule has 2 aromatic carbocycles. The van der Waals surface area contributed by atoms with Crippen molar-refractivity contribution < 1.29 is 14.3 Å². The van der Waals surface area contributed by atoms with Crippen LogP contribution in [-0.2, 0) is 17.3 Å². The largest absolute Gasteiger partial charge is 0.454 e. The number of rotatable bonds is 4. The monoisotopic (exact) mass is 404 g/mol. The maximum Gasteiger partial charge on any atom is 0.235 e. The van der Waals surface area contributed by atoms with Crippen molar-refractivity contribution >= 4 is 11.6 Å². The van der Waals surface area contributed by atoms with Crippen LogP contribution in [0.25, 0.3) is 11.4 Å². The Balaban J connectivity index is 1.46. The highest BCUT2D eigenvalue weighted by Crippen LogP contribution is 2.44. The van der Waals surface area contributed by atoms with Crippen LogP contribution < -0.4 is 14.8 Å². The second-order valence-electron chi connectivity index (χ2n) is 8.01. The van der Waals surface area contributed by atoms with Crippen molar-refractivity contribution in [3.8, 4) is 22.9 Å². The number of aromatic nitrogens is 3. The molecule has 1 N–H and O–H groups in total. The third-order valence-electron chi connectivity index (χ3n) is 6.16. The topological polar surface area (TPSA) is 78.3 Å². The summed E-state index contributed by atoms with van der Waals surface area (Å²) in [5, 5.41) is 11.3. The second kappa shape index (κ2) is 7.48. The van der Waals surface area contributed by atoms with Crippen LogP contribution in [0, 0.1) is 0 Å². The molecule has 7 nitrogen and oxygen atoms in total. The fourth-order valence-electron chi connectivity index (χ4n) is 4.53. The van der Waals surface area contributed by atoms with Crippen LogP contribution in [0.5, 0.6) is 11.5 Å². The van der Waals surface area contributed by atoms with Crippen molar-refractivity contribution in [2.75, 3.05) is 12.1 Å². The first kappa shape index (κ1) is 18.7. The van der Waals surface area contributed by atoms with Crippen molar-refractivity contribution in [3.63, 3.8) is 0 Å². The van der Waals surface area contributed by atoms with E-state index < -0.39 is 5.41 Å². The van der Waals surface area contributed by atoms with Crippen LogP contribution in [0.4, 0.5) is 5.69 Å². The van der Waals surface area contributed by atoms with Gasteiger partial charge in [-0.15, -0.1) is 10.2 Å². The van der Waals surface area contributed by atoms with Gasteiger partial charge in [-0.1, -0.05) is 37.5 Å². The smallest absolute Gasteiger partial charge is 0.235 e. The fraction of sp³-hybridized carbons (Fsp3) is 0.348. The molecule has 0 atom stereocenters. The zero-order chi connectivity index (χ0) is 20.6. The minimum absolute atomic E-state index is 0.0242. The van der Waals surface area contributed by atoms with E-state index in [9.17, 15) is 4.79 Å². The van der Waals surface area contributed by atoms with Crippen molar-refractivity contribution in [3.05, 3.63) is 54.4 Å². The van der Waals surface area contributed by atoms with Crippen LogP contribution in [0.2, 0.25) is 0 Å². The summed E-state index contributed by atoms with van der Waals surface area (Å²) in [4.78, 5) is 13.6. The Hall–Kier alpha value is -3.35. The Kier molecular flexibility index (Phi) is 4.65. The van der Waals surface area contributed by atoms with Gasteiger partial charge in [-0.05, 0) is 42.7 Å². The van der Waals surface area contributed by atoms with Crippen molar-refractivity contribution in [2.24, 2.45) is 7.05 Å². The molecule has 0 bridgehead atoms. The SMILES string of the molecule is Cn1cnnc1-c1cccc(NC(=O)C2(c3ccc4c(c3)OCO4)CCCCC2)c1. The lowest BCUT2D eigenvalue weighted by molar-refractivity contribution is -0.122. The van der Waals surface area contributed by atoms with Crippen LogP contribution in [0.3, 0.4) is 0 Å². The number of carbonyl (C=O) groups is 1. The first-order valence-electron chi connectivity index (χ1n) is 10.3. The maximum absolute atomic E-state index is 13.6. The molecule has 0 saturated heterocycles. The molecule has 5 rings (SSSR count). The Bertz CT molecular complexity index is 1090. The highest BCUT2D eigenvalue weighted by Gasteiger charge is 2.42. The first-order valence-corrected chi connectivity index (χ1v) is 10.3. The van der Waals surface area contributed by atoms with Gasteiger partial charge in [0.15, 0.2) is 17.3 Å². The van der Waals surface area contributed by atoms with Gasteiger partial charge in [0.1, 0.15) is 6.33 Å². The van der Waals surface area contributed by atoms with E-state index in [0.717, 1.165) is 66.2 Å². The minimum atomic E-state index is -0.569. The van der Waals surface area contributed by atoms with Gasteiger partial charge in [0.2, 0.25) is 12.7 Å². The maximum atomic E-state index is 13.6. The van der Waals surface area contributed by atoms with E-state index in [0.29, 0.717) is 0 Å². The number of hydrogen-bond donors (Lipinski definition) is 1. The van der Waals surface area contributed by atoms with Crippen LogP contribution in [0.1, 0.15) is 37.7 Å². The number of nitrogens with one attached hydrogen (secondary N) is 1. The van der Waals surface area contributed by atoms with E-state index in [1.807, 2.05) is 54.1 Å². The number of hydrogen-bond acceptors (Lipinski definition) is 5. The Labute approximate surface area is 175 Å². The summed E-state index contributed by atoms with van der Waals surface area (Å²) in [7, 11) is 1.90. The molecule has 1 aliphatic heterocycles. The number of aryl methyl sites for hydroxylation is 1. The van der Waals surface area contributed by atoms with E-state index in [2.05, 4.69) is 15.5 Å². The molecular formula is C23H24N4O3. The highest BCUT2D eigenvalue weighted by molar-refractivity contribution is 5.99. The normalized spacial score (nSPS) is 17.0. The van der Waals surface area contributed by atoms with Gasteiger partial charge < -0.3 is 19.4 Å². The summed E-state index contributed by atoms with van der Waals surface area (Å²) in [6.45, 7) is 0.229. The molecule has 1 fully saturated rings. The molecule has 30 heavy (non-hydrogen) atoms. The molecule has 2 heterocycles. The lowest BCUT2D eigenvalue weighted by atomic mass is 9.68. The fourth-order valence-corrected chi connectivity index (χ4v) is 4.53. The van der Waals surface area contributed by atoms with Gasteiger partial charge in [0, 0.05) is 18.3 Å². The predicted octanol–water partition coefficient (Wildman–Crippen LogP) is 4.05. The average Bonchev–Trinajstić information content (AvgIpc) is 3.42. The van der Waals surface area contributed by atoms with Gasteiger partial charge in [0.25, 0.3) is 0 Å². The van der Waals surface area contributed by atoms with E-state index >= 15 is 0 Å². The van der Waals surface area contributed by atoms with Gasteiger partial charge >= 0.3 is 0 Å². The summed E-state index contributed by atoms with van der Waals surface area (Å²) in [6.07, 6.45) is 6.52. The zero-order valence-corrected chi connectivity index (χ0v) is 16.9. The molecule has 1 amide bonds. The molecule has 0 radical (unpaired) electrons. The van der Waals surface area contributed by atoms with Gasteiger partial charge in [-0.3, -0.25) is 4.79 Å². The van der Waals surface area contributed by atoms with Crippen LogP contribution in [0.15, 0.2) is 48.8 Å². The molecule has 154 valence electrons. The quantitative estimate of drug-likeness (QED) is 0.710. The van der Waals surface area contributed by atoms with E-state index in [-0.39, 0.29) is 12.7 Å². The molecule has 0 spiro atoms. The van der Waals surface area contributed by atoms with Crippen LogP contribution >= 0.6 is 0 Å². The number of fused-ring (bicyclic) bond motifs is 1. The Morgan fingerprint density at radius 3 is 2.70 bits per heavy atom. The number of benzene rings is 2. The molecular weight excluding hydrogens is 380 g/mol. The first-order chi connectivity index (χ1) is 14.7. The molecule has 1 aromatic heterocycles. The molecule has 1 saturated carbocycles. The molecule has 2 aliphatic rings. The second-order valence-corrected chi connectivity index (χ2v) is 8.01. The summed E-state index contributed by atoms with van der Waals surface area (Å²) in [6, 6.07) is 13.6. The Morgan fingerprint density at radius 1 is 1.07 bits per heavy atom. The molecule has 1 aliphatic carbocycles. The van der Waals surface area contributed by atoms with E-state index in [1.54, 1.807) is 6.33 Å². The molecule has 0 unspecified atom stereocenters. The molecule has 7 heteroatoms. The van der Waals surface area contributed by atoms with E-state index in [1.165, 1.54) is 0 Å². The predicted molar refractivity (Wildman–Crippen MR) is 112 cm³/mol. The lowest BCUT2D eigenvalue weighted by Crippen LogP contribution is -2.42. The molecule has 3 aromatic rings. The summed E-state index contributed by atoms with van der Waals surface area (Å²) < 4.78 is 12.9. The third kappa shape index (κ3) is 3.20. The van der Waals surface area contributed by atoms with Crippen molar-refractivity contribution in [1.82, 2.24) is 14.8 Å². The number of nitrogens with zero attached hydrogens (tertiary/aromatic N) is 3. The van der Waals surface area contributed by atoms with Crippen molar-refractivity contribution in [2.45, 2.75) is 37.5 Å². The summed E-state index contributed by atoms with van der Waals surface area (Å²) in [5.41, 5.74) is 2.09.